The molecule has 2 aromatic carbocycles. The lowest BCUT2D eigenvalue weighted by atomic mass is 10.1. The van der Waals surface area contributed by atoms with Crippen molar-refractivity contribution >= 4 is 11.6 Å². The van der Waals surface area contributed by atoms with E-state index >= 15 is 0 Å². The summed E-state index contributed by atoms with van der Waals surface area (Å²) >= 11 is 0. The zero-order valence-corrected chi connectivity index (χ0v) is 10.8. The number of ether oxygens (including phenoxy) is 1. The van der Waals surface area contributed by atoms with Crippen LogP contribution in [0.25, 0.3) is 0 Å². The Balaban J connectivity index is 2.34. The highest BCUT2D eigenvalue weighted by Gasteiger charge is 2.17. The molecule has 0 saturated carbocycles. The first-order chi connectivity index (χ1) is 9.92. The first kappa shape index (κ1) is 14.7. The number of carbonyl (C=O) groups excluding carboxylic acids is 1. The van der Waals surface area contributed by atoms with E-state index < -0.39 is 29.0 Å². The van der Waals surface area contributed by atoms with Gasteiger partial charge in [-0.25, -0.2) is 13.2 Å². The van der Waals surface area contributed by atoms with Crippen LogP contribution in [0.3, 0.4) is 0 Å². The molecule has 0 atom stereocenters. The predicted octanol–water partition coefficient (Wildman–Crippen LogP) is 3.07. The fourth-order valence-corrected chi connectivity index (χ4v) is 1.66. The molecule has 0 aliphatic rings. The minimum atomic E-state index is -1.43. The Bertz CT molecular complexity index is 704. The maximum absolute atomic E-state index is 13.5. The number of benzene rings is 2. The second-order valence-corrected chi connectivity index (χ2v) is 4.09. The normalized spacial score (nSPS) is 10.3. The van der Waals surface area contributed by atoms with Crippen LogP contribution in [0.15, 0.2) is 30.3 Å². The van der Waals surface area contributed by atoms with Crippen molar-refractivity contribution in [2.45, 2.75) is 0 Å². The van der Waals surface area contributed by atoms with Crippen molar-refractivity contribution < 1.29 is 27.8 Å². The van der Waals surface area contributed by atoms with E-state index in [1.54, 1.807) is 0 Å². The lowest BCUT2D eigenvalue weighted by molar-refractivity contribution is 0.102. The molecular formula is C14H10F3NO3. The Labute approximate surface area is 117 Å². The quantitative estimate of drug-likeness (QED) is 0.856. The molecule has 7 heteroatoms. The molecule has 0 fully saturated rings. The summed E-state index contributed by atoms with van der Waals surface area (Å²) in [6.07, 6.45) is 0. The molecule has 0 saturated heterocycles. The van der Waals surface area contributed by atoms with E-state index in [4.69, 9.17) is 4.74 Å². The summed E-state index contributed by atoms with van der Waals surface area (Å²) in [5, 5.41) is 11.6. The molecule has 4 nitrogen and oxygen atoms in total. The summed E-state index contributed by atoms with van der Waals surface area (Å²) in [6.45, 7) is 0. The number of phenolic OH excluding ortho intramolecular Hbond substituents is 1. The molecule has 110 valence electrons. The molecule has 21 heavy (non-hydrogen) atoms. The van der Waals surface area contributed by atoms with Gasteiger partial charge in [0, 0.05) is 12.1 Å². The molecular weight excluding hydrogens is 287 g/mol. The number of rotatable bonds is 3. The van der Waals surface area contributed by atoms with E-state index in [1.807, 2.05) is 5.32 Å². The molecule has 2 N–H and O–H groups in total. The molecule has 0 unspecified atom stereocenters. The van der Waals surface area contributed by atoms with E-state index in [2.05, 4.69) is 0 Å². The second kappa shape index (κ2) is 5.74. The Hall–Kier alpha value is -2.70. The number of amides is 1. The van der Waals surface area contributed by atoms with Crippen LogP contribution >= 0.6 is 0 Å². The molecule has 1 amide bonds. The highest BCUT2D eigenvalue weighted by Crippen LogP contribution is 2.25. The van der Waals surface area contributed by atoms with Crippen molar-refractivity contribution in [3.8, 4) is 11.5 Å². The minimum Gasteiger partial charge on any atom is -0.507 e. The predicted molar refractivity (Wildman–Crippen MR) is 68.9 cm³/mol. The number of halogens is 3. The molecule has 0 heterocycles. The molecule has 0 aliphatic heterocycles. The van der Waals surface area contributed by atoms with Crippen molar-refractivity contribution in [1.29, 1.82) is 0 Å². The highest BCUT2D eigenvalue weighted by molar-refractivity contribution is 6.06. The van der Waals surface area contributed by atoms with Gasteiger partial charge in [-0.3, -0.25) is 4.79 Å². The maximum atomic E-state index is 13.5. The third kappa shape index (κ3) is 3.07. The second-order valence-electron chi connectivity index (χ2n) is 4.09. The van der Waals surface area contributed by atoms with E-state index in [-0.39, 0.29) is 17.1 Å². The van der Waals surface area contributed by atoms with Gasteiger partial charge in [-0.15, -0.1) is 0 Å². The Kier molecular flexibility index (Phi) is 4.02. The van der Waals surface area contributed by atoms with Crippen molar-refractivity contribution in [2.24, 2.45) is 0 Å². The number of hydrogen-bond acceptors (Lipinski definition) is 3. The summed E-state index contributed by atoms with van der Waals surface area (Å²) in [5.74, 6) is -4.91. The molecule has 0 bridgehead atoms. The molecule has 2 rings (SSSR count). The van der Waals surface area contributed by atoms with Crippen LogP contribution in [0.5, 0.6) is 11.5 Å². The Morgan fingerprint density at radius 1 is 1.19 bits per heavy atom. The topological polar surface area (TPSA) is 58.6 Å². The minimum absolute atomic E-state index is 0.224. The number of nitrogens with one attached hydrogen (secondary N) is 1. The number of phenols is 1. The van der Waals surface area contributed by atoms with Crippen LogP contribution in [0, 0.1) is 17.5 Å². The van der Waals surface area contributed by atoms with Gasteiger partial charge in [0.05, 0.1) is 18.4 Å². The zero-order valence-electron chi connectivity index (χ0n) is 10.8. The van der Waals surface area contributed by atoms with E-state index in [0.29, 0.717) is 12.1 Å². The summed E-state index contributed by atoms with van der Waals surface area (Å²) in [7, 11) is 1.36. The van der Waals surface area contributed by atoms with Crippen LogP contribution in [-0.2, 0) is 0 Å². The summed E-state index contributed by atoms with van der Waals surface area (Å²) < 4.78 is 44.4. The average Bonchev–Trinajstić information content (AvgIpc) is 2.44. The van der Waals surface area contributed by atoms with Gasteiger partial charge < -0.3 is 15.2 Å². The van der Waals surface area contributed by atoms with Crippen molar-refractivity contribution in [3.63, 3.8) is 0 Å². The number of carbonyl (C=O) groups is 1. The van der Waals surface area contributed by atoms with E-state index in [0.717, 1.165) is 0 Å². The SMILES string of the molecule is COc1ccc(O)c(C(=O)Nc2cc(F)cc(F)c2F)c1. The van der Waals surface area contributed by atoms with Gasteiger partial charge in [0.1, 0.15) is 17.3 Å². The smallest absolute Gasteiger partial charge is 0.259 e. The first-order valence-corrected chi connectivity index (χ1v) is 5.75. The van der Waals surface area contributed by atoms with Crippen molar-refractivity contribution in [1.82, 2.24) is 0 Å². The fraction of sp³-hybridized carbons (Fsp3) is 0.0714. The third-order valence-electron chi connectivity index (χ3n) is 2.69. The van der Waals surface area contributed by atoms with Crippen molar-refractivity contribution in [2.75, 3.05) is 12.4 Å². The lowest BCUT2D eigenvalue weighted by Gasteiger charge is -2.09. The van der Waals surface area contributed by atoms with Gasteiger partial charge in [-0.1, -0.05) is 0 Å². The lowest BCUT2D eigenvalue weighted by Crippen LogP contribution is -2.14. The average molecular weight is 297 g/mol. The molecule has 0 spiro atoms. The Morgan fingerprint density at radius 3 is 2.57 bits per heavy atom. The van der Waals surface area contributed by atoms with Gasteiger partial charge >= 0.3 is 0 Å². The molecule has 2 aromatic rings. The number of hydrogen-bond donors (Lipinski definition) is 2. The zero-order chi connectivity index (χ0) is 15.6. The largest absolute Gasteiger partial charge is 0.507 e. The van der Waals surface area contributed by atoms with Crippen LogP contribution in [0.4, 0.5) is 18.9 Å². The van der Waals surface area contributed by atoms with Crippen molar-refractivity contribution in [3.05, 3.63) is 53.3 Å². The maximum Gasteiger partial charge on any atom is 0.259 e. The third-order valence-corrected chi connectivity index (χ3v) is 2.69. The van der Waals surface area contributed by atoms with Crippen LogP contribution in [0.1, 0.15) is 10.4 Å². The Morgan fingerprint density at radius 2 is 1.90 bits per heavy atom. The number of anilines is 1. The summed E-state index contributed by atoms with van der Waals surface area (Å²) in [4.78, 5) is 11.9. The number of methoxy groups -OCH3 is 1. The summed E-state index contributed by atoms with van der Waals surface area (Å²) in [5.41, 5.74) is -0.891. The van der Waals surface area contributed by atoms with Crippen LogP contribution < -0.4 is 10.1 Å². The highest BCUT2D eigenvalue weighted by atomic mass is 19.2. The van der Waals surface area contributed by atoms with E-state index in [1.165, 1.54) is 25.3 Å². The van der Waals surface area contributed by atoms with Gasteiger partial charge in [0.2, 0.25) is 0 Å². The van der Waals surface area contributed by atoms with E-state index in [9.17, 15) is 23.1 Å². The summed E-state index contributed by atoms with van der Waals surface area (Å²) in [6, 6.07) is 4.81. The fourth-order valence-electron chi connectivity index (χ4n) is 1.66. The van der Waals surface area contributed by atoms with Crippen LogP contribution in [0.2, 0.25) is 0 Å². The monoisotopic (exact) mass is 297 g/mol. The molecule has 0 aromatic heterocycles. The number of aromatic hydroxyl groups is 1. The standard InChI is InChI=1S/C14H10F3NO3/c1-21-8-2-3-12(19)9(6-8)14(20)18-11-5-7(15)4-10(16)13(11)17/h2-6,19H,1H3,(H,18,20). The van der Waals surface area contributed by atoms with Gasteiger partial charge in [-0.05, 0) is 18.2 Å². The van der Waals surface area contributed by atoms with Crippen LogP contribution in [-0.4, -0.2) is 18.1 Å². The van der Waals surface area contributed by atoms with Gasteiger partial charge in [-0.2, -0.15) is 0 Å². The van der Waals surface area contributed by atoms with Gasteiger partial charge in [0.15, 0.2) is 11.6 Å². The first-order valence-electron chi connectivity index (χ1n) is 5.75. The molecule has 0 aliphatic carbocycles. The van der Waals surface area contributed by atoms with Gasteiger partial charge in [0.25, 0.3) is 5.91 Å². The molecule has 0 radical (unpaired) electrons.